The molecule has 0 saturated heterocycles. The molecule has 1 aromatic carbocycles. The molecule has 154 valence electrons. The zero-order chi connectivity index (χ0) is 20.1. The molecule has 4 rings (SSSR count). The number of anilines is 2. The third kappa shape index (κ3) is 5.51. The molecular formula is C18H21N5O4S2. The van der Waals surface area contributed by atoms with Crippen molar-refractivity contribution in [2.75, 3.05) is 23.2 Å². The summed E-state index contributed by atoms with van der Waals surface area (Å²) in [6.45, 7) is 0.157. The number of fused-ring (bicyclic) bond motifs is 1. The van der Waals surface area contributed by atoms with Gasteiger partial charge in [0.25, 0.3) is 0 Å². The van der Waals surface area contributed by atoms with Gasteiger partial charge in [-0.3, -0.25) is 10.1 Å². The summed E-state index contributed by atoms with van der Waals surface area (Å²) in [5.74, 6) is 0.841. The Hall–Kier alpha value is -2.53. The third-order valence-corrected chi connectivity index (χ3v) is 6.54. The molecule has 2 aliphatic rings. The third-order valence-electron chi connectivity index (χ3n) is 4.55. The predicted molar refractivity (Wildman–Crippen MR) is 111 cm³/mol. The van der Waals surface area contributed by atoms with Gasteiger partial charge in [-0.2, -0.15) is 0 Å². The molecule has 0 unspecified atom stereocenters. The lowest BCUT2D eigenvalue weighted by Gasteiger charge is -2.21. The number of amides is 3. The smallest absolute Gasteiger partial charge is 0.325 e. The van der Waals surface area contributed by atoms with Crippen molar-refractivity contribution in [3.63, 3.8) is 0 Å². The molecule has 9 nitrogen and oxygen atoms in total. The molecule has 0 bridgehead atoms. The maximum Gasteiger partial charge on any atom is 0.325 e. The van der Waals surface area contributed by atoms with Crippen LogP contribution in [-0.2, 0) is 4.79 Å². The zero-order valence-corrected chi connectivity index (χ0v) is 17.2. The number of hydrogen-bond donors (Lipinski definition) is 3. The van der Waals surface area contributed by atoms with Gasteiger partial charge in [0, 0.05) is 17.8 Å². The predicted octanol–water partition coefficient (Wildman–Crippen LogP) is 3.45. The topological polar surface area (TPSA) is 114 Å². The van der Waals surface area contributed by atoms with E-state index >= 15 is 0 Å². The van der Waals surface area contributed by atoms with Crippen LogP contribution in [0.4, 0.5) is 15.6 Å². The number of aromatic nitrogens is 2. The van der Waals surface area contributed by atoms with Gasteiger partial charge in [-0.1, -0.05) is 42.4 Å². The van der Waals surface area contributed by atoms with Crippen LogP contribution in [0, 0.1) is 0 Å². The normalized spacial score (nSPS) is 15.7. The van der Waals surface area contributed by atoms with Gasteiger partial charge < -0.3 is 20.1 Å². The molecule has 11 heteroatoms. The first-order valence-corrected chi connectivity index (χ1v) is 11.2. The zero-order valence-electron chi connectivity index (χ0n) is 15.6. The number of hydrogen-bond acceptors (Lipinski definition) is 9. The summed E-state index contributed by atoms with van der Waals surface area (Å²) in [6, 6.07) is 4.87. The number of nitrogens with one attached hydrogen (secondary N) is 3. The second kappa shape index (κ2) is 9.31. The quantitative estimate of drug-likeness (QED) is 0.591. The second-order valence-electron chi connectivity index (χ2n) is 6.71. The Bertz CT molecular complexity index is 885. The van der Waals surface area contributed by atoms with E-state index in [0.717, 1.165) is 18.0 Å². The van der Waals surface area contributed by atoms with Crippen LogP contribution in [0.15, 0.2) is 22.5 Å². The van der Waals surface area contributed by atoms with Crippen LogP contribution >= 0.6 is 23.1 Å². The van der Waals surface area contributed by atoms with Crippen LogP contribution in [0.25, 0.3) is 0 Å². The highest BCUT2D eigenvalue weighted by molar-refractivity contribution is 8.01. The van der Waals surface area contributed by atoms with Crippen molar-refractivity contribution in [2.45, 2.75) is 42.5 Å². The first-order valence-electron chi connectivity index (χ1n) is 9.39. The molecule has 3 N–H and O–H groups in total. The molecule has 0 spiro atoms. The first-order chi connectivity index (χ1) is 14.2. The lowest BCUT2D eigenvalue weighted by atomic mass is 9.96. The van der Waals surface area contributed by atoms with Gasteiger partial charge in [0.2, 0.25) is 17.8 Å². The molecule has 1 saturated carbocycles. The van der Waals surface area contributed by atoms with Crippen molar-refractivity contribution in [3.8, 4) is 11.5 Å². The van der Waals surface area contributed by atoms with E-state index in [0.29, 0.717) is 27.6 Å². The Morgan fingerprint density at radius 3 is 2.83 bits per heavy atom. The van der Waals surface area contributed by atoms with Gasteiger partial charge in [-0.15, -0.1) is 10.2 Å². The number of thioether (sulfide) groups is 1. The van der Waals surface area contributed by atoms with E-state index in [9.17, 15) is 9.59 Å². The van der Waals surface area contributed by atoms with Crippen molar-refractivity contribution in [3.05, 3.63) is 18.2 Å². The van der Waals surface area contributed by atoms with Gasteiger partial charge >= 0.3 is 6.03 Å². The van der Waals surface area contributed by atoms with Crippen LogP contribution < -0.4 is 25.4 Å². The molecule has 29 heavy (non-hydrogen) atoms. The molecule has 2 aromatic rings. The fraction of sp³-hybridized carbons (Fsp3) is 0.444. The fourth-order valence-electron chi connectivity index (χ4n) is 3.17. The molecule has 1 aliphatic carbocycles. The number of carbonyl (C=O) groups is 2. The second-order valence-corrected chi connectivity index (χ2v) is 8.91. The lowest BCUT2D eigenvalue weighted by Crippen LogP contribution is -2.35. The summed E-state index contributed by atoms with van der Waals surface area (Å²) in [4.78, 5) is 24.0. The molecule has 3 amide bonds. The number of urea groups is 1. The summed E-state index contributed by atoms with van der Waals surface area (Å²) in [7, 11) is 0. The summed E-state index contributed by atoms with van der Waals surface area (Å²) in [6.07, 6.45) is 6.10. The Kier molecular flexibility index (Phi) is 6.35. The van der Waals surface area contributed by atoms with Crippen molar-refractivity contribution < 1.29 is 19.1 Å². The Morgan fingerprint density at radius 1 is 1.14 bits per heavy atom. The van der Waals surface area contributed by atoms with E-state index in [1.54, 1.807) is 18.2 Å². The van der Waals surface area contributed by atoms with Crippen molar-refractivity contribution in [2.24, 2.45) is 0 Å². The van der Waals surface area contributed by atoms with Gasteiger partial charge in [0.1, 0.15) is 0 Å². The molecule has 0 radical (unpaired) electrons. The van der Waals surface area contributed by atoms with Gasteiger partial charge in [-0.25, -0.2) is 4.79 Å². The maximum absolute atomic E-state index is 12.0. The van der Waals surface area contributed by atoms with E-state index in [2.05, 4.69) is 26.1 Å². The number of carbonyl (C=O) groups excluding carboxylic acids is 2. The standard InChI is InChI=1S/C18H21N5O4S2/c24-15(21-16(25)19-12-6-7-13-14(8-12)27-10-26-13)9-28-18-23-22-17(29-18)20-11-4-2-1-3-5-11/h6-8,11H,1-5,9-10H2,(H,20,22)(H2,19,21,24,25). The number of rotatable bonds is 6. The monoisotopic (exact) mass is 435 g/mol. The van der Waals surface area contributed by atoms with Gasteiger partial charge in [0.05, 0.1) is 5.75 Å². The largest absolute Gasteiger partial charge is 0.454 e. The minimum atomic E-state index is -0.605. The Labute approximate surface area is 175 Å². The molecule has 1 aliphatic heterocycles. The van der Waals surface area contributed by atoms with E-state index in [4.69, 9.17) is 9.47 Å². The van der Waals surface area contributed by atoms with E-state index in [1.807, 2.05) is 0 Å². The van der Waals surface area contributed by atoms with Gasteiger partial charge in [-0.05, 0) is 25.0 Å². The minimum Gasteiger partial charge on any atom is -0.454 e. The van der Waals surface area contributed by atoms with Crippen molar-refractivity contribution in [1.82, 2.24) is 15.5 Å². The maximum atomic E-state index is 12.0. The Balaban J connectivity index is 1.20. The number of imide groups is 1. The van der Waals surface area contributed by atoms with Crippen molar-refractivity contribution >= 4 is 45.9 Å². The lowest BCUT2D eigenvalue weighted by molar-refractivity contribution is -0.117. The molecule has 1 aromatic heterocycles. The molecule has 2 heterocycles. The summed E-state index contributed by atoms with van der Waals surface area (Å²) in [5.41, 5.74) is 0.509. The summed E-state index contributed by atoms with van der Waals surface area (Å²) < 4.78 is 11.2. The molecule has 1 fully saturated rings. The summed E-state index contributed by atoms with van der Waals surface area (Å²) >= 11 is 2.68. The van der Waals surface area contributed by atoms with E-state index in [1.165, 1.54) is 42.4 Å². The fourth-order valence-corrected chi connectivity index (χ4v) is 4.80. The number of benzene rings is 1. The van der Waals surface area contributed by atoms with Crippen LogP contribution in [-0.4, -0.2) is 40.7 Å². The summed E-state index contributed by atoms with van der Waals surface area (Å²) in [5, 5.41) is 17.3. The van der Waals surface area contributed by atoms with Gasteiger partial charge in [0.15, 0.2) is 15.8 Å². The van der Waals surface area contributed by atoms with Crippen LogP contribution in [0.3, 0.4) is 0 Å². The Morgan fingerprint density at radius 2 is 1.97 bits per heavy atom. The van der Waals surface area contributed by atoms with Crippen LogP contribution in [0.5, 0.6) is 11.5 Å². The van der Waals surface area contributed by atoms with E-state index in [-0.39, 0.29) is 12.5 Å². The highest BCUT2D eigenvalue weighted by Crippen LogP contribution is 2.34. The average molecular weight is 436 g/mol. The van der Waals surface area contributed by atoms with E-state index < -0.39 is 11.9 Å². The van der Waals surface area contributed by atoms with Crippen LogP contribution in [0.1, 0.15) is 32.1 Å². The van der Waals surface area contributed by atoms with Crippen LogP contribution in [0.2, 0.25) is 0 Å². The number of ether oxygens (including phenoxy) is 2. The minimum absolute atomic E-state index is 0.0760. The highest BCUT2D eigenvalue weighted by Gasteiger charge is 2.17. The SMILES string of the molecule is O=C(CSc1nnc(NC2CCCCC2)s1)NC(=O)Nc1ccc2c(c1)OCO2. The first kappa shape index (κ1) is 19.8. The number of nitrogens with zero attached hydrogens (tertiary/aromatic N) is 2. The highest BCUT2D eigenvalue weighted by atomic mass is 32.2. The molecular weight excluding hydrogens is 414 g/mol. The average Bonchev–Trinajstić information content (AvgIpc) is 3.36. The van der Waals surface area contributed by atoms with Crippen molar-refractivity contribution in [1.29, 1.82) is 0 Å². The molecule has 0 atom stereocenters.